The van der Waals surface area contributed by atoms with Gasteiger partial charge in [0.05, 0.1) is 0 Å². The maximum absolute atomic E-state index is 13.0. The predicted octanol–water partition coefficient (Wildman–Crippen LogP) is 2.13. The average molecular weight is 407 g/mol. The molecule has 0 saturated carbocycles. The molecule has 3 aliphatic rings. The Balaban J connectivity index is 1.20. The fraction of sp³-hybridized carbons (Fsp3) is 0.500. The highest BCUT2D eigenvalue weighted by Gasteiger charge is 2.31. The Morgan fingerprint density at radius 1 is 1.17 bits per heavy atom. The van der Waals surface area contributed by atoms with Crippen LogP contribution in [0.3, 0.4) is 0 Å². The fourth-order valence-corrected chi connectivity index (χ4v) is 5.37. The highest BCUT2D eigenvalue weighted by atomic mass is 16.2. The number of rotatable bonds is 5. The summed E-state index contributed by atoms with van der Waals surface area (Å²) in [7, 11) is 0. The lowest BCUT2D eigenvalue weighted by atomic mass is 9.84. The molecule has 0 spiro atoms. The van der Waals surface area contributed by atoms with Gasteiger partial charge in [0.25, 0.3) is 11.5 Å². The van der Waals surface area contributed by atoms with Crippen molar-refractivity contribution in [2.24, 2.45) is 5.92 Å². The number of aromatic nitrogens is 1. The molecule has 2 aromatic rings. The standard InChI is InChI=1S/C24H30N4O2/c29-23(26-10-4-12-27-11-3-6-18-5-1-2-7-21(18)27)20-8-9-22-19-13-17(14-25-15-19)16-28(22)24(20)30/h1-2,5,7-9,17,19,25H,3-4,6,10-16H2,(H,26,29)/t17-,19+/m0/s1. The molecule has 1 fully saturated rings. The molecule has 1 aromatic carbocycles. The summed E-state index contributed by atoms with van der Waals surface area (Å²) in [4.78, 5) is 28.1. The van der Waals surface area contributed by atoms with Crippen molar-refractivity contribution in [3.63, 3.8) is 0 Å². The molecule has 6 heteroatoms. The maximum Gasteiger partial charge on any atom is 0.263 e. The van der Waals surface area contributed by atoms with Crippen LogP contribution in [0.2, 0.25) is 0 Å². The smallest absolute Gasteiger partial charge is 0.263 e. The maximum atomic E-state index is 13.0. The van der Waals surface area contributed by atoms with Crippen LogP contribution in [0.4, 0.5) is 5.69 Å². The van der Waals surface area contributed by atoms with Gasteiger partial charge in [0.1, 0.15) is 5.56 Å². The topological polar surface area (TPSA) is 66.4 Å². The second-order valence-corrected chi connectivity index (χ2v) is 8.87. The molecule has 1 amide bonds. The summed E-state index contributed by atoms with van der Waals surface area (Å²) in [6.07, 6.45) is 4.32. The number of piperidine rings is 1. The van der Waals surface area contributed by atoms with Crippen LogP contribution in [0.5, 0.6) is 0 Å². The number of carbonyl (C=O) groups excluding carboxylic acids is 1. The lowest BCUT2D eigenvalue weighted by molar-refractivity contribution is 0.0950. The summed E-state index contributed by atoms with van der Waals surface area (Å²) in [5.41, 5.74) is 3.95. The number of aryl methyl sites for hydroxylation is 1. The summed E-state index contributed by atoms with van der Waals surface area (Å²) >= 11 is 0. The van der Waals surface area contributed by atoms with Gasteiger partial charge in [0.15, 0.2) is 0 Å². The first-order valence-corrected chi connectivity index (χ1v) is 11.3. The number of fused-ring (bicyclic) bond motifs is 5. The second-order valence-electron chi connectivity index (χ2n) is 8.87. The van der Waals surface area contributed by atoms with Crippen molar-refractivity contribution in [1.29, 1.82) is 0 Å². The molecule has 2 atom stereocenters. The number of amides is 1. The van der Waals surface area contributed by atoms with Gasteiger partial charge in [-0.1, -0.05) is 18.2 Å². The van der Waals surface area contributed by atoms with E-state index < -0.39 is 0 Å². The van der Waals surface area contributed by atoms with Crippen LogP contribution in [0, 0.1) is 5.92 Å². The minimum absolute atomic E-state index is 0.133. The van der Waals surface area contributed by atoms with E-state index in [0.717, 1.165) is 51.1 Å². The van der Waals surface area contributed by atoms with Crippen molar-refractivity contribution in [3.8, 4) is 0 Å². The van der Waals surface area contributed by atoms with Crippen LogP contribution < -0.4 is 21.1 Å². The van der Waals surface area contributed by atoms with Gasteiger partial charge in [-0.15, -0.1) is 0 Å². The molecule has 6 nitrogen and oxygen atoms in total. The Morgan fingerprint density at radius 3 is 3.00 bits per heavy atom. The molecule has 30 heavy (non-hydrogen) atoms. The van der Waals surface area contributed by atoms with E-state index in [-0.39, 0.29) is 17.0 Å². The number of para-hydroxylation sites is 1. The molecular formula is C24H30N4O2. The normalized spacial score (nSPS) is 22.2. The van der Waals surface area contributed by atoms with E-state index in [1.807, 2.05) is 10.6 Å². The van der Waals surface area contributed by atoms with Crippen LogP contribution in [0.1, 0.15) is 46.8 Å². The molecule has 0 unspecified atom stereocenters. The Bertz CT molecular complexity index is 999. The van der Waals surface area contributed by atoms with Crippen LogP contribution in [0.15, 0.2) is 41.2 Å². The minimum atomic E-state index is -0.247. The van der Waals surface area contributed by atoms with Crippen LogP contribution in [-0.4, -0.2) is 43.2 Å². The molecule has 2 N–H and O–H groups in total. The number of pyridine rings is 1. The Hall–Kier alpha value is -2.60. The predicted molar refractivity (Wildman–Crippen MR) is 118 cm³/mol. The van der Waals surface area contributed by atoms with Crippen LogP contribution >= 0.6 is 0 Å². The first-order valence-electron chi connectivity index (χ1n) is 11.3. The quantitative estimate of drug-likeness (QED) is 0.747. The van der Waals surface area contributed by atoms with Gasteiger partial charge in [-0.3, -0.25) is 9.59 Å². The van der Waals surface area contributed by atoms with Gasteiger partial charge in [-0.2, -0.15) is 0 Å². The SMILES string of the molecule is O=C(NCCCN1CCCc2ccccc21)c1ccc2n(c1=O)C[C@@H]1CNC[C@H]2C1. The van der Waals surface area contributed by atoms with Gasteiger partial charge >= 0.3 is 0 Å². The van der Waals surface area contributed by atoms with E-state index in [9.17, 15) is 9.59 Å². The Labute approximate surface area is 177 Å². The lowest BCUT2D eigenvalue weighted by Gasteiger charge is -2.37. The van der Waals surface area contributed by atoms with Crippen molar-refractivity contribution in [2.45, 2.75) is 38.1 Å². The summed E-state index contributed by atoms with van der Waals surface area (Å²) in [6, 6.07) is 12.3. The van der Waals surface area contributed by atoms with Gasteiger partial charge < -0.3 is 20.1 Å². The molecule has 1 saturated heterocycles. The molecule has 0 radical (unpaired) electrons. The number of hydrogen-bond donors (Lipinski definition) is 2. The molecule has 2 bridgehead atoms. The zero-order valence-electron chi connectivity index (χ0n) is 17.4. The van der Waals surface area contributed by atoms with Crippen molar-refractivity contribution in [3.05, 3.63) is 63.6 Å². The van der Waals surface area contributed by atoms with E-state index in [1.165, 1.54) is 17.7 Å². The summed E-state index contributed by atoms with van der Waals surface area (Å²) < 4.78 is 1.85. The molecular weight excluding hydrogens is 376 g/mol. The highest BCUT2D eigenvalue weighted by Crippen LogP contribution is 2.31. The molecule has 1 aromatic heterocycles. The number of nitrogens with one attached hydrogen (secondary N) is 2. The van der Waals surface area contributed by atoms with Gasteiger partial charge in [0, 0.05) is 50.0 Å². The third-order valence-electron chi connectivity index (χ3n) is 6.85. The molecule has 4 heterocycles. The van der Waals surface area contributed by atoms with Crippen LogP contribution in [-0.2, 0) is 13.0 Å². The largest absolute Gasteiger partial charge is 0.371 e. The third kappa shape index (κ3) is 3.65. The van der Waals surface area contributed by atoms with Crippen molar-refractivity contribution in [2.75, 3.05) is 37.6 Å². The number of carbonyl (C=O) groups is 1. The summed E-state index contributed by atoms with van der Waals surface area (Å²) in [5, 5.41) is 6.42. The summed E-state index contributed by atoms with van der Waals surface area (Å²) in [6.45, 7) is 5.14. The average Bonchev–Trinajstić information content (AvgIpc) is 2.77. The monoisotopic (exact) mass is 406 g/mol. The van der Waals surface area contributed by atoms with E-state index in [2.05, 4.69) is 39.8 Å². The molecule has 3 aliphatic heterocycles. The van der Waals surface area contributed by atoms with E-state index in [0.29, 0.717) is 24.9 Å². The van der Waals surface area contributed by atoms with E-state index >= 15 is 0 Å². The first kappa shape index (κ1) is 19.4. The third-order valence-corrected chi connectivity index (χ3v) is 6.85. The molecule has 5 rings (SSSR count). The number of hydrogen-bond acceptors (Lipinski definition) is 4. The van der Waals surface area contributed by atoms with Crippen molar-refractivity contribution < 1.29 is 4.79 Å². The van der Waals surface area contributed by atoms with E-state index in [1.54, 1.807) is 6.07 Å². The minimum Gasteiger partial charge on any atom is -0.371 e. The lowest BCUT2D eigenvalue weighted by Crippen LogP contribution is -2.46. The van der Waals surface area contributed by atoms with Gasteiger partial charge in [0.2, 0.25) is 0 Å². The van der Waals surface area contributed by atoms with Gasteiger partial charge in [-0.05, 0) is 61.9 Å². The summed E-state index contributed by atoms with van der Waals surface area (Å²) in [5.74, 6) is 0.623. The van der Waals surface area contributed by atoms with Crippen molar-refractivity contribution in [1.82, 2.24) is 15.2 Å². The van der Waals surface area contributed by atoms with Crippen molar-refractivity contribution >= 4 is 11.6 Å². The number of nitrogens with zero attached hydrogens (tertiary/aromatic N) is 2. The Kier molecular flexibility index (Phi) is 5.34. The van der Waals surface area contributed by atoms with Gasteiger partial charge in [-0.25, -0.2) is 0 Å². The second kappa shape index (κ2) is 8.26. The van der Waals surface area contributed by atoms with E-state index in [4.69, 9.17) is 0 Å². The number of anilines is 1. The first-order chi connectivity index (χ1) is 14.7. The zero-order chi connectivity index (χ0) is 20.5. The fourth-order valence-electron chi connectivity index (χ4n) is 5.37. The number of benzene rings is 1. The molecule has 158 valence electrons. The zero-order valence-corrected chi connectivity index (χ0v) is 17.4. The highest BCUT2D eigenvalue weighted by molar-refractivity contribution is 5.93. The Morgan fingerprint density at radius 2 is 2.07 bits per heavy atom. The molecule has 0 aliphatic carbocycles. The van der Waals surface area contributed by atoms with Crippen LogP contribution in [0.25, 0.3) is 0 Å².